The molecule has 3 heterocycles. The smallest absolute Gasteiger partial charge is 0.230 e. The molecule has 1 fully saturated rings. The molecule has 0 bridgehead atoms. The van der Waals surface area contributed by atoms with Crippen molar-refractivity contribution in [3.8, 4) is 11.6 Å². The summed E-state index contributed by atoms with van der Waals surface area (Å²) in [6, 6.07) is 16.8. The van der Waals surface area contributed by atoms with Gasteiger partial charge in [-0.25, -0.2) is 4.98 Å². The molecular formula is C24H27N5O2S. The van der Waals surface area contributed by atoms with E-state index >= 15 is 0 Å². The van der Waals surface area contributed by atoms with Crippen LogP contribution in [0.2, 0.25) is 0 Å². The number of rotatable bonds is 5. The van der Waals surface area contributed by atoms with Crippen LogP contribution in [0.5, 0.6) is 11.6 Å². The third kappa shape index (κ3) is 3.80. The summed E-state index contributed by atoms with van der Waals surface area (Å²) in [6.45, 7) is 7.53. The molecule has 0 aliphatic carbocycles. The molecule has 1 aliphatic heterocycles. The highest BCUT2D eigenvalue weighted by atomic mass is 32.1. The maximum atomic E-state index is 11.0. The highest BCUT2D eigenvalue weighted by Crippen LogP contribution is 2.40. The van der Waals surface area contributed by atoms with Crippen LogP contribution in [-0.2, 0) is 0 Å². The largest absolute Gasteiger partial charge is 0.497 e. The number of thiazole rings is 1. The Kier molecular flexibility index (Phi) is 5.48. The first-order valence-corrected chi connectivity index (χ1v) is 11.6. The summed E-state index contributed by atoms with van der Waals surface area (Å²) in [5, 5.41) is 15.4. The number of hydrogen-bond acceptors (Lipinski definition) is 7. The fraction of sp³-hybridized carbons (Fsp3) is 0.333. The molecule has 7 nitrogen and oxygen atoms in total. The maximum absolute atomic E-state index is 11.0. The lowest BCUT2D eigenvalue weighted by Crippen LogP contribution is -2.47. The molecule has 5 rings (SSSR count). The molecule has 0 spiro atoms. The Balaban J connectivity index is 1.44. The first-order valence-electron chi connectivity index (χ1n) is 10.8. The first kappa shape index (κ1) is 20.8. The molecule has 1 unspecified atom stereocenters. The second kappa shape index (κ2) is 8.44. The van der Waals surface area contributed by atoms with E-state index in [1.165, 1.54) is 28.2 Å². The Morgan fingerprint density at radius 3 is 2.28 bits per heavy atom. The number of anilines is 1. The maximum Gasteiger partial charge on any atom is 0.230 e. The van der Waals surface area contributed by atoms with Crippen LogP contribution in [0.3, 0.4) is 0 Å². The van der Waals surface area contributed by atoms with Gasteiger partial charge in [0.15, 0.2) is 0 Å². The van der Waals surface area contributed by atoms with Crippen molar-refractivity contribution >= 4 is 22.0 Å². The molecule has 0 radical (unpaired) electrons. The van der Waals surface area contributed by atoms with E-state index in [-0.39, 0.29) is 11.9 Å². The normalized spacial score (nSPS) is 15.9. The van der Waals surface area contributed by atoms with Gasteiger partial charge >= 0.3 is 0 Å². The molecule has 32 heavy (non-hydrogen) atoms. The van der Waals surface area contributed by atoms with Gasteiger partial charge in [-0.05, 0) is 43.7 Å². The van der Waals surface area contributed by atoms with E-state index in [0.29, 0.717) is 5.82 Å². The number of piperazine rings is 1. The Morgan fingerprint density at radius 2 is 1.66 bits per heavy atom. The molecule has 1 aliphatic rings. The summed E-state index contributed by atoms with van der Waals surface area (Å²) >= 11 is 1.52. The number of ether oxygens (including phenoxy) is 1. The number of aryl methyl sites for hydroxylation is 2. The molecule has 1 saturated heterocycles. The van der Waals surface area contributed by atoms with E-state index in [2.05, 4.69) is 63.2 Å². The molecule has 1 N–H and O–H groups in total. The van der Waals surface area contributed by atoms with E-state index < -0.39 is 0 Å². The van der Waals surface area contributed by atoms with Gasteiger partial charge in [-0.3, -0.25) is 4.90 Å². The van der Waals surface area contributed by atoms with Gasteiger partial charge in [0, 0.05) is 31.9 Å². The second-order valence-corrected chi connectivity index (χ2v) is 9.19. The van der Waals surface area contributed by atoms with Crippen LogP contribution < -0.4 is 9.64 Å². The minimum absolute atomic E-state index is 0.0394. The van der Waals surface area contributed by atoms with E-state index in [1.807, 2.05) is 19.1 Å². The van der Waals surface area contributed by atoms with Crippen LogP contribution >= 0.6 is 11.3 Å². The lowest BCUT2D eigenvalue weighted by molar-refractivity contribution is 0.211. The van der Waals surface area contributed by atoms with Gasteiger partial charge in [-0.1, -0.05) is 41.2 Å². The van der Waals surface area contributed by atoms with Crippen molar-refractivity contribution in [1.82, 2.24) is 19.5 Å². The van der Waals surface area contributed by atoms with Gasteiger partial charge in [-0.2, -0.15) is 4.52 Å². The first-order chi connectivity index (χ1) is 15.5. The number of methoxy groups -OCH3 is 1. The standard InChI is InChI=1S/C24H27N5O2S/c1-16-4-6-18(7-5-16)21(22-23(30)29-24(32-22)25-17(2)26-29)28-14-12-27(13-15-28)19-8-10-20(31-3)11-9-19/h4-11,21,30H,12-15H2,1-3H3. The van der Waals surface area contributed by atoms with Crippen molar-refractivity contribution in [2.24, 2.45) is 0 Å². The molecule has 166 valence electrons. The Labute approximate surface area is 191 Å². The average molecular weight is 450 g/mol. The zero-order valence-electron chi connectivity index (χ0n) is 18.5. The van der Waals surface area contributed by atoms with Crippen molar-refractivity contribution in [3.63, 3.8) is 0 Å². The van der Waals surface area contributed by atoms with Gasteiger partial charge in [-0.15, -0.1) is 5.10 Å². The average Bonchev–Trinajstić information content (AvgIpc) is 3.33. The van der Waals surface area contributed by atoms with E-state index in [1.54, 1.807) is 11.6 Å². The zero-order valence-corrected chi connectivity index (χ0v) is 19.3. The summed E-state index contributed by atoms with van der Waals surface area (Å²) in [7, 11) is 1.69. The fourth-order valence-electron chi connectivity index (χ4n) is 4.33. The summed E-state index contributed by atoms with van der Waals surface area (Å²) in [5.41, 5.74) is 3.60. The molecule has 2 aromatic carbocycles. The number of fused-ring (bicyclic) bond motifs is 1. The van der Waals surface area contributed by atoms with E-state index in [0.717, 1.165) is 41.8 Å². The van der Waals surface area contributed by atoms with Gasteiger partial charge in [0.2, 0.25) is 10.8 Å². The third-order valence-electron chi connectivity index (χ3n) is 6.06. The number of aromatic nitrogens is 3. The highest BCUT2D eigenvalue weighted by Gasteiger charge is 2.31. The van der Waals surface area contributed by atoms with Crippen LogP contribution in [0.1, 0.15) is 27.9 Å². The number of aromatic hydroxyl groups is 1. The lowest BCUT2D eigenvalue weighted by Gasteiger charge is -2.40. The second-order valence-electron chi connectivity index (χ2n) is 8.18. The predicted octanol–water partition coefficient (Wildman–Crippen LogP) is 4.03. The monoisotopic (exact) mass is 449 g/mol. The highest BCUT2D eigenvalue weighted by molar-refractivity contribution is 7.17. The van der Waals surface area contributed by atoms with E-state index in [9.17, 15) is 5.11 Å². The topological polar surface area (TPSA) is 66.1 Å². The van der Waals surface area contributed by atoms with Crippen molar-refractivity contribution in [2.75, 3.05) is 38.2 Å². The van der Waals surface area contributed by atoms with Crippen LogP contribution in [0.15, 0.2) is 48.5 Å². The van der Waals surface area contributed by atoms with Crippen molar-refractivity contribution < 1.29 is 9.84 Å². The molecule has 0 amide bonds. The molecule has 8 heteroatoms. The quantitative estimate of drug-likeness (QED) is 0.496. The predicted molar refractivity (Wildman–Crippen MR) is 127 cm³/mol. The van der Waals surface area contributed by atoms with Crippen LogP contribution in [0.25, 0.3) is 4.96 Å². The van der Waals surface area contributed by atoms with Gasteiger partial charge < -0.3 is 14.7 Å². The van der Waals surface area contributed by atoms with E-state index in [4.69, 9.17) is 4.74 Å². The summed E-state index contributed by atoms with van der Waals surface area (Å²) in [6.07, 6.45) is 0. The summed E-state index contributed by atoms with van der Waals surface area (Å²) in [4.78, 5) is 10.9. The van der Waals surface area contributed by atoms with Crippen LogP contribution in [-0.4, -0.2) is 57.9 Å². The Hall–Kier alpha value is -3.10. The summed E-state index contributed by atoms with van der Waals surface area (Å²) in [5.74, 6) is 1.72. The van der Waals surface area contributed by atoms with Gasteiger partial charge in [0.05, 0.1) is 18.0 Å². The number of hydrogen-bond donors (Lipinski definition) is 1. The lowest BCUT2D eigenvalue weighted by atomic mass is 10.0. The Morgan fingerprint density at radius 1 is 0.969 bits per heavy atom. The van der Waals surface area contributed by atoms with Crippen molar-refractivity contribution in [1.29, 1.82) is 0 Å². The summed E-state index contributed by atoms with van der Waals surface area (Å²) < 4.78 is 6.85. The molecule has 0 saturated carbocycles. The van der Waals surface area contributed by atoms with Crippen LogP contribution in [0, 0.1) is 13.8 Å². The zero-order chi connectivity index (χ0) is 22.2. The molecule has 4 aromatic rings. The minimum atomic E-state index is -0.0394. The van der Waals surface area contributed by atoms with Crippen LogP contribution in [0.4, 0.5) is 5.69 Å². The molecular weight excluding hydrogens is 422 g/mol. The van der Waals surface area contributed by atoms with Crippen molar-refractivity contribution in [2.45, 2.75) is 19.9 Å². The van der Waals surface area contributed by atoms with Gasteiger partial charge in [0.25, 0.3) is 0 Å². The minimum Gasteiger partial charge on any atom is -0.497 e. The van der Waals surface area contributed by atoms with Crippen molar-refractivity contribution in [3.05, 3.63) is 70.4 Å². The number of nitrogens with zero attached hydrogens (tertiary/aromatic N) is 5. The molecule has 1 atom stereocenters. The third-order valence-corrected chi connectivity index (χ3v) is 7.14. The SMILES string of the molecule is COc1ccc(N2CCN(C(c3ccc(C)cc3)c3sc4nc(C)nn4c3O)CC2)cc1. The number of benzene rings is 2. The van der Waals surface area contributed by atoms with Gasteiger partial charge in [0.1, 0.15) is 11.6 Å². The fourth-order valence-corrected chi connectivity index (χ4v) is 5.50. The Bertz CT molecular complexity index is 1210. The molecule has 2 aromatic heterocycles.